The Bertz CT molecular complexity index is 1510. The Hall–Kier alpha value is -4.14. The summed E-state index contributed by atoms with van der Waals surface area (Å²) in [5.41, 5.74) is 11.9. The number of hydrogen-bond donors (Lipinski definition) is 2. The van der Waals surface area contributed by atoms with E-state index >= 15 is 0 Å². The maximum absolute atomic E-state index is 12.8. The third-order valence-electron chi connectivity index (χ3n) is 6.30. The summed E-state index contributed by atoms with van der Waals surface area (Å²) in [6.45, 7) is 5.15. The van der Waals surface area contributed by atoms with E-state index in [4.69, 9.17) is 5.73 Å². The van der Waals surface area contributed by atoms with Crippen LogP contribution in [0.25, 0.3) is 28.0 Å². The number of amides is 1. The molecule has 4 rings (SSSR count). The van der Waals surface area contributed by atoms with Crippen LogP contribution in [-0.2, 0) is 0 Å². The lowest BCUT2D eigenvalue weighted by atomic mass is 9.99. The average molecular weight is 509 g/mol. The number of carbonyl (C=O) groups excluding carboxylic acids is 2. The molecule has 0 saturated heterocycles. The molecule has 0 aliphatic heterocycles. The number of nitrogens with two attached hydrogens (primary N) is 1. The first-order valence-electron chi connectivity index (χ1n) is 11.8. The minimum absolute atomic E-state index is 0.0513. The molecular formula is C28H27F3N4O2. The number of alkyl halides is 3. The molecule has 0 atom stereocenters. The van der Waals surface area contributed by atoms with Crippen molar-refractivity contribution in [3.05, 3.63) is 77.1 Å². The molecule has 0 saturated carbocycles. The Balaban J connectivity index is 1.85. The first kappa shape index (κ1) is 25.9. The van der Waals surface area contributed by atoms with E-state index in [1.165, 1.54) is 0 Å². The molecule has 1 amide bonds. The molecular weight excluding hydrogens is 481 g/mol. The topological polar surface area (TPSA) is 89.5 Å². The zero-order valence-electron chi connectivity index (χ0n) is 20.7. The number of hydrogen-bond acceptors (Lipinski definition) is 4. The number of aryl methyl sites for hydroxylation is 2. The van der Waals surface area contributed by atoms with Gasteiger partial charge in [0.05, 0.1) is 24.0 Å². The average Bonchev–Trinajstić information content (AvgIpc) is 3.26. The quantitative estimate of drug-likeness (QED) is 0.272. The Labute approximate surface area is 212 Å². The minimum Gasteiger partial charge on any atom is -0.382 e. The predicted octanol–water partition coefficient (Wildman–Crippen LogP) is 6.34. The molecule has 0 unspecified atom stereocenters. The summed E-state index contributed by atoms with van der Waals surface area (Å²) in [5.74, 6) is -0.485. The highest BCUT2D eigenvalue weighted by molar-refractivity contribution is 5.98. The highest BCUT2D eigenvalue weighted by Crippen LogP contribution is 2.32. The lowest BCUT2D eigenvalue weighted by Gasteiger charge is -2.14. The van der Waals surface area contributed by atoms with E-state index in [0.29, 0.717) is 34.4 Å². The van der Waals surface area contributed by atoms with Crippen molar-refractivity contribution >= 4 is 23.0 Å². The molecule has 0 fully saturated rings. The molecule has 4 aromatic rings. The normalized spacial score (nSPS) is 11.6. The lowest BCUT2D eigenvalue weighted by molar-refractivity contribution is -0.131. The van der Waals surface area contributed by atoms with E-state index in [2.05, 4.69) is 10.3 Å². The summed E-state index contributed by atoms with van der Waals surface area (Å²) in [5, 5.41) is 2.88. The smallest absolute Gasteiger partial charge is 0.382 e. The number of anilines is 1. The van der Waals surface area contributed by atoms with Gasteiger partial charge in [-0.05, 0) is 48.7 Å². The maximum atomic E-state index is 12.8. The van der Waals surface area contributed by atoms with Gasteiger partial charge in [-0.3, -0.25) is 14.0 Å². The van der Waals surface area contributed by atoms with Crippen LogP contribution in [0.3, 0.4) is 0 Å². The summed E-state index contributed by atoms with van der Waals surface area (Å²) < 4.78 is 40.3. The van der Waals surface area contributed by atoms with Crippen molar-refractivity contribution in [1.29, 1.82) is 0 Å². The number of nitrogens with one attached hydrogen (secondary N) is 1. The first-order chi connectivity index (χ1) is 17.5. The van der Waals surface area contributed by atoms with Crippen LogP contribution in [0.4, 0.5) is 18.9 Å². The lowest BCUT2D eigenvalue weighted by Crippen LogP contribution is -2.15. The number of fused-ring (bicyclic) bond motifs is 1. The van der Waals surface area contributed by atoms with Crippen molar-refractivity contribution in [2.75, 3.05) is 11.9 Å². The Morgan fingerprint density at radius 1 is 0.973 bits per heavy atom. The van der Waals surface area contributed by atoms with Gasteiger partial charge in [-0.15, -0.1) is 0 Å². The van der Waals surface area contributed by atoms with Gasteiger partial charge in [0.1, 0.15) is 0 Å². The molecule has 0 bridgehead atoms. The number of Topliss-reactive ketones (excluding diaryl/α,β-unsaturated/α-hetero) is 1. The summed E-state index contributed by atoms with van der Waals surface area (Å²) >= 11 is 0. The predicted molar refractivity (Wildman–Crippen MR) is 138 cm³/mol. The molecule has 3 N–H and O–H groups in total. The monoisotopic (exact) mass is 508 g/mol. The second kappa shape index (κ2) is 10.1. The van der Waals surface area contributed by atoms with Gasteiger partial charge in [-0.1, -0.05) is 31.2 Å². The molecule has 2 heterocycles. The largest absolute Gasteiger partial charge is 0.390 e. The second-order valence-corrected chi connectivity index (χ2v) is 8.97. The van der Waals surface area contributed by atoms with Crippen molar-refractivity contribution < 1.29 is 22.8 Å². The molecule has 9 heteroatoms. The van der Waals surface area contributed by atoms with Crippen molar-refractivity contribution in [2.24, 2.45) is 5.73 Å². The van der Waals surface area contributed by atoms with Crippen LogP contribution in [0.1, 0.15) is 51.6 Å². The molecule has 0 aliphatic carbocycles. The number of carbonyl (C=O) groups is 2. The van der Waals surface area contributed by atoms with Gasteiger partial charge >= 0.3 is 6.18 Å². The van der Waals surface area contributed by atoms with Crippen LogP contribution < -0.4 is 11.1 Å². The molecule has 2 aromatic carbocycles. The van der Waals surface area contributed by atoms with Crippen LogP contribution in [-0.4, -0.2) is 33.8 Å². The summed E-state index contributed by atoms with van der Waals surface area (Å²) in [4.78, 5) is 28.4. The number of ketones is 1. The van der Waals surface area contributed by atoms with Gasteiger partial charge in [-0.25, -0.2) is 4.98 Å². The van der Waals surface area contributed by atoms with Crippen molar-refractivity contribution in [1.82, 2.24) is 9.38 Å². The zero-order valence-corrected chi connectivity index (χ0v) is 20.7. The number of pyridine rings is 1. The van der Waals surface area contributed by atoms with Crippen molar-refractivity contribution in [2.45, 2.75) is 39.8 Å². The van der Waals surface area contributed by atoms with Crippen LogP contribution in [0.2, 0.25) is 0 Å². The molecule has 0 spiro atoms. The van der Waals surface area contributed by atoms with Crippen LogP contribution in [0.15, 0.2) is 54.9 Å². The number of benzene rings is 2. The SMILES string of the molecule is CCC(=O)c1ccc(-c2cnc3c(NCCC(F)(F)F)cc(-c4ccc(C(N)=O)c(C)c4)cn23)cc1C. The summed E-state index contributed by atoms with van der Waals surface area (Å²) in [6.07, 6.45) is -1.37. The number of primary amides is 1. The van der Waals surface area contributed by atoms with Crippen molar-refractivity contribution in [3.8, 4) is 22.4 Å². The third-order valence-corrected chi connectivity index (χ3v) is 6.30. The van der Waals surface area contributed by atoms with E-state index in [0.717, 1.165) is 27.9 Å². The number of imidazole rings is 1. The van der Waals surface area contributed by atoms with Gasteiger partial charge in [0.15, 0.2) is 11.4 Å². The van der Waals surface area contributed by atoms with Gasteiger partial charge in [0, 0.05) is 41.4 Å². The molecule has 2 aromatic heterocycles. The Morgan fingerprint density at radius 3 is 2.24 bits per heavy atom. The molecule has 37 heavy (non-hydrogen) atoms. The van der Waals surface area contributed by atoms with Gasteiger partial charge in [0.2, 0.25) is 5.91 Å². The van der Waals surface area contributed by atoms with Crippen LogP contribution >= 0.6 is 0 Å². The van der Waals surface area contributed by atoms with E-state index in [9.17, 15) is 22.8 Å². The van der Waals surface area contributed by atoms with Crippen LogP contribution in [0.5, 0.6) is 0 Å². The fourth-order valence-electron chi connectivity index (χ4n) is 4.37. The zero-order chi connectivity index (χ0) is 26.9. The Morgan fingerprint density at radius 2 is 1.62 bits per heavy atom. The van der Waals surface area contributed by atoms with Gasteiger partial charge < -0.3 is 11.1 Å². The van der Waals surface area contributed by atoms with E-state index in [-0.39, 0.29) is 12.3 Å². The van der Waals surface area contributed by atoms with Crippen molar-refractivity contribution in [3.63, 3.8) is 0 Å². The number of nitrogens with zero attached hydrogens (tertiary/aromatic N) is 2. The second-order valence-electron chi connectivity index (χ2n) is 8.97. The highest BCUT2D eigenvalue weighted by Gasteiger charge is 2.26. The number of rotatable bonds is 8. The minimum atomic E-state index is -4.29. The summed E-state index contributed by atoms with van der Waals surface area (Å²) in [6, 6.07) is 12.5. The third kappa shape index (κ3) is 5.50. The standard InChI is InChI=1S/C28H27F3N4O2/c1-4-25(36)21-7-6-19(12-16(21)2)24-14-34-27-23(33-10-9-28(29,30)31)13-20(15-35(24)27)18-5-8-22(26(32)37)17(3)11-18/h5-8,11-15,33H,4,9-10H2,1-3H3,(H2,32,37). The fourth-order valence-corrected chi connectivity index (χ4v) is 4.37. The number of halogens is 3. The van der Waals surface area contributed by atoms with Gasteiger partial charge in [-0.2, -0.15) is 13.2 Å². The van der Waals surface area contributed by atoms with E-state index in [1.807, 2.05) is 42.6 Å². The Kier molecular flexibility index (Phi) is 7.07. The summed E-state index contributed by atoms with van der Waals surface area (Å²) in [7, 11) is 0. The molecule has 192 valence electrons. The molecule has 6 nitrogen and oxygen atoms in total. The van der Waals surface area contributed by atoms with E-state index < -0.39 is 18.5 Å². The van der Waals surface area contributed by atoms with Gasteiger partial charge in [0.25, 0.3) is 0 Å². The number of aromatic nitrogens is 2. The molecule has 0 radical (unpaired) electrons. The van der Waals surface area contributed by atoms with Crippen LogP contribution in [0, 0.1) is 13.8 Å². The fraction of sp³-hybridized carbons (Fsp3) is 0.250. The first-order valence-corrected chi connectivity index (χ1v) is 11.8. The maximum Gasteiger partial charge on any atom is 0.390 e. The van der Waals surface area contributed by atoms with E-state index in [1.54, 1.807) is 37.4 Å². The highest BCUT2D eigenvalue weighted by atomic mass is 19.4. The molecule has 0 aliphatic rings.